The number of likely N-dealkylation sites (N-methyl/N-ethyl adjacent to an activating group) is 1. The molecule has 0 unspecified atom stereocenters. The van der Waals surface area contributed by atoms with Gasteiger partial charge < -0.3 is 10.1 Å². The first-order valence-corrected chi connectivity index (χ1v) is 10.5. The van der Waals surface area contributed by atoms with Gasteiger partial charge in [-0.2, -0.15) is 4.31 Å². The van der Waals surface area contributed by atoms with Crippen LogP contribution < -0.4 is 10.1 Å². The van der Waals surface area contributed by atoms with Crippen molar-refractivity contribution in [3.05, 3.63) is 52.5 Å². The van der Waals surface area contributed by atoms with Gasteiger partial charge in [-0.15, -0.1) is 0 Å². The number of hydrogen-bond donors (Lipinski definition) is 1. The quantitative estimate of drug-likeness (QED) is 0.685. The molecule has 1 amide bonds. The van der Waals surface area contributed by atoms with Gasteiger partial charge in [0.15, 0.2) is 0 Å². The van der Waals surface area contributed by atoms with Crippen molar-refractivity contribution in [1.29, 1.82) is 0 Å². The highest BCUT2D eigenvalue weighted by atomic mass is 35.5. The van der Waals surface area contributed by atoms with Crippen LogP contribution in [0.15, 0.2) is 47.4 Å². The number of carbonyl (C=O) groups is 1. The molecule has 0 fully saturated rings. The summed E-state index contributed by atoms with van der Waals surface area (Å²) in [5.41, 5.74) is 0.323. The maximum absolute atomic E-state index is 12.8. The zero-order valence-electron chi connectivity index (χ0n) is 14.9. The van der Waals surface area contributed by atoms with Gasteiger partial charge in [-0.3, -0.25) is 4.79 Å². The van der Waals surface area contributed by atoms with E-state index in [0.29, 0.717) is 28.1 Å². The molecule has 0 saturated heterocycles. The molecule has 0 atom stereocenters. The lowest BCUT2D eigenvalue weighted by Gasteiger charge is -2.20. The van der Waals surface area contributed by atoms with Crippen LogP contribution in [0, 0.1) is 0 Å². The third kappa shape index (κ3) is 5.59. The lowest BCUT2D eigenvalue weighted by atomic mass is 10.3. The lowest BCUT2D eigenvalue weighted by molar-refractivity contribution is -0.116. The van der Waals surface area contributed by atoms with Crippen molar-refractivity contribution in [2.24, 2.45) is 0 Å². The number of carbonyl (C=O) groups excluding carboxylic acids is 1. The van der Waals surface area contributed by atoms with E-state index in [1.54, 1.807) is 31.2 Å². The summed E-state index contributed by atoms with van der Waals surface area (Å²) in [6.45, 7) is 3.76. The van der Waals surface area contributed by atoms with Crippen molar-refractivity contribution in [3.8, 4) is 5.75 Å². The molecule has 146 valence electrons. The summed E-state index contributed by atoms with van der Waals surface area (Å²) in [6.07, 6.45) is 0. The van der Waals surface area contributed by atoms with E-state index >= 15 is 0 Å². The molecule has 0 aliphatic rings. The molecule has 0 aliphatic carbocycles. The van der Waals surface area contributed by atoms with Crippen LogP contribution in [-0.4, -0.2) is 38.3 Å². The summed E-state index contributed by atoms with van der Waals surface area (Å²) in [5, 5.41) is 3.30. The molecule has 0 spiro atoms. The fraction of sp³-hybridized carbons (Fsp3) is 0.278. The van der Waals surface area contributed by atoms with Crippen LogP contribution in [0.5, 0.6) is 5.75 Å². The Morgan fingerprint density at radius 1 is 1.11 bits per heavy atom. The number of ether oxygens (including phenoxy) is 1. The first-order valence-electron chi connectivity index (χ1n) is 8.25. The summed E-state index contributed by atoms with van der Waals surface area (Å²) in [4.78, 5) is 12.4. The third-order valence-corrected chi connectivity index (χ3v) is 6.15. The molecule has 2 rings (SSSR count). The Balaban J connectivity index is 2.14. The van der Waals surface area contributed by atoms with Gasteiger partial charge in [-0.1, -0.05) is 30.1 Å². The van der Waals surface area contributed by atoms with E-state index in [1.807, 2.05) is 6.92 Å². The molecule has 0 radical (unpaired) electrons. The molecule has 2 aromatic carbocycles. The minimum absolute atomic E-state index is 0.0846. The van der Waals surface area contributed by atoms with Gasteiger partial charge in [-0.05, 0) is 49.4 Å². The van der Waals surface area contributed by atoms with Crippen molar-refractivity contribution < 1.29 is 17.9 Å². The lowest BCUT2D eigenvalue weighted by Crippen LogP contribution is -2.37. The smallest absolute Gasteiger partial charge is 0.243 e. The molecular formula is C18H20Cl2N2O4S. The number of halogens is 2. The SMILES string of the molecule is CCOc1ccc(S(=O)(=O)N(CC)CC(=O)Nc2cc(Cl)ccc2Cl)cc1. The van der Waals surface area contributed by atoms with Crippen LogP contribution in [0.1, 0.15) is 13.8 Å². The Morgan fingerprint density at radius 2 is 1.78 bits per heavy atom. The summed E-state index contributed by atoms with van der Waals surface area (Å²) in [7, 11) is -3.83. The molecule has 27 heavy (non-hydrogen) atoms. The molecule has 1 N–H and O–H groups in total. The molecule has 0 aromatic heterocycles. The van der Waals surface area contributed by atoms with Gasteiger partial charge >= 0.3 is 0 Å². The fourth-order valence-electron chi connectivity index (χ4n) is 2.33. The molecule has 0 aliphatic heterocycles. The van der Waals surface area contributed by atoms with Gasteiger partial charge in [0.25, 0.3) is 0 Å². The number of anilines is 1. The molecule has 0 bridgehead atoms. The second-order valence-corrected chi connectivity index (χ2v) is 8.29. The maximum atomic E-state index is 12.8. The third-order valence-electron chi connectivity index (χ3n) is 3.65. The van der Waals surface area contributed by atoms with Gasteiger partial charge in [-0.25, -0.2) is 8.42 Å². The zero-order chi connectivity index (χ0) is 20.0. The minimum atomic E-state index is -3.83. The van der Waals surface area contributed by atoms with Crippen LogP contribution in [0.25, 0.3) is 0 Å². The van der Waals surface area contributed by atoms with Crippen LogP contribution in [-0.2, 0) is 14.8 Å². The molecule has 9 heteroatoms. The van der Waals surface area contributed by atoms with Crippen molar-refractivity contribution >= 4 is 44.8 Å². The number of hydrogen-bond acceptors (Lipinski definition) is 4. The van der Waals surface area contributed by atoms with Gasteiger partial charge in [0.2, 0.25) is 15.9 Å². The van der Waals surface area contributed by atoms with Gasteiger partial charge in [0.05, 0.1) is 28.8 Å². The molecule has 2 aromatic rings. The van der Waals surface area contributed by atoms with E-state index < -0.39 is 15.9 Å². The van der Waals surface area contributed by atoms with E-state index in [0.717, 1.165) is 4.31 Å². The van der Waals surface area contributed by atoms with Crippen molar-refractivity contribution in [1.82, 2.24) is 4.31 Å². The van der Waals surface area contributed by atoms with E-state index in [-0.39, 0.29) is 18.0 Å². The highest BCUT2D eigenvalue weighted by Crippen LogP contribution is 2.25. The standard InChI is InChI=1S/C18H20Cl2N2O4S/c1-3-22(12-18(23)21-17-11-13(19)5-10-16(17)20)27(24,25)15-8-6-14(7-9-15)26-4-2/h5-11H,3-4,12H2,1-2H3,(H,21,23). The first-order chi connectivity index (χ1) is 12.8. The average Bonchev–Trinajstić information content (AvgIpc) is 2.63. The molecular weight excluding hydrogens is 411 g/mol. The van der Waals surface area contributed by atoms with E-state index in [4.69, 9.17) is 27.9 Å². The summed E-state index contributed by atoms with van der Waals surface area (Å²) in [6, 6.07) is 10.7. The molecule has 6 nitrogen and oxygen atoms in total. The normalized spacial score (nSPS) is 11.4. The number of nitrogens with one attached hydrogen (secondary N) is 1. The second-order valence-electron chi connectivity index (χ2n) is 5.51. The number of amides is 1. The highest BCUT2D eigenvalue weighted by molar-refractivity contribution is 7.89. The largest absolute Gasteiger partial charge is 0.494 e. The van der Waals surface area contributed by atoms with E-state index in [9.17, 15) is 13.2 Å². The number of rotatable bonds is 8. The summed E-state index contributed by atoms with van der Waals surface area (Å²) in [5.74, 6) is 0.0587. The van der Waals surface area contributed by atoms with Crippen LogP contribution >= 0.6 is 23.2 Å². The van der Waals surface area contributed by atoms with Gasteiger partial charge in [0.1, 0.15) is 5.75 Å². The monoisotopic (exact) mass is 430 g/mol. The Labute approximate surface area is 169 Å². The molecule has 0 saturated carbocycles. The average molecular weight is 431 g/mol. The van der Waals surface area contributed by atoms with Gasteiger partial charge in [0, 0.05) is 11.6 Å². The number of benzene rings is 2. The Morgan fingerprint density at radius 3 is 2.37 bits per heavy atom. The minimum Gasteiger partial charge on any atom is -0.494 e. The highest BCUT2D eigenvalue weighted by Gasteiger charge is 2.25. The molecule has 0 heterocycles. The van der Waals surface area contributed by atoms with Crippen molar-refractivity contribution in [3.63, 3.8) is 0 Å². The Bertz CT molecular complexity index is 902. The predicted octanol–water partition coefficient (Wildman–Crippen LogP) is 4.04. The van der Waals surface area contributed by atoms with Crippen molar-refractivity contribution in [2.75, 3.05) is 25.0 Å². The Kier molecular flexibility index (Phi) is 7.49. The summed E-state index contributed by atoms with van der Waals surface area (Å²) < 4.78 is 32.0. The fourth-order valence-corrected chi connectivity index (χ4v) is 4.08. The van der Waals surface area contributed by atoms with Crippen LogP contribution in [0.2, 0.25) is 10.0 Å². The maximum Gasteiger partial charge on any atom is 0.243 e. The van der Waals surface area contributed by atoms with E-state index in [1.165, 1.54) is 18.2 Å². The first kappa shape index (κ1) is 21.5. The zero-order valence-corrected chi connectivity index (χ0v) is 17.2. The number of sulfonamides is 1. The second kappa shape index (κ2) is 9.41. The summed E-state index contributed by atoms with van der Waals surface area (Å²) >= 11 is 11.9. The van der Waals surface area contributed by atoms with E-state index in [2.05, 4.69) is 5.32 Å². The van der Waals surface area contributed by atoms with Crippen LogP contribution in [0.3, 0.4) is 0 Å². The predicted molar refractivity (Wildman–Crippen MR) is 107 cm³/mol. The Hall–Kier alpha value is -1.80. The topological polar surface area (TPSA) is 75.7 Å². The number of nitrogens with zero attached hydrogens (tertiary/aromatic N) is 1. The van der Waals surface area contributed by atoms with Crippen molar-refractivity contribution in [2.45, 2.75) is 18.7 Å². The van der Waals surface area contributed by atoms with Crippen LogP contribution in [0.4, 0.5) is 5.69 Å².